The van der Waals surface area contributed by atoms with Gasteiger partial charge in [0.05, 0.1) is 0 Å². The van der Waals surface area contributed by atoms with Crippen LogP contribution < -0.4 is 0 Å². The molecule has 0 radical (unpaired) electrons. The van der Waals surface area contributed by atoms with E-state index in [1.807, 2.05) is 0 Å². The number of carbonyl (C=O) groups excluding carboxylic acids is 3. The van der Waals surface area contributed by atoms with Crippen LogP contribution >= 0.6 is 0 Å². The fourth-order valence-corrected chi connectivity index (χ4v) is 8.16. The second kappa shape index (κ2) is 55.7. The normalized spacial score (nSPS) is 12.5. The lowest BCUT2D eigenvalue weighted by Gasteiger charge is -2.18. The highest BCUT2D eigenvalue weighted by molar-refractivity contribution is 5.71. The van der Waals surface area contributed by atoms with Crippen LogP contribution in [0.15, 0.2) is 60.8 Å². The molecule has 1 unspecified atom stereocenters. The molecule has 0 aliphatic heterocycles. The minimum absolute atomic E-state index is 0.0930. The van der Waals surface area contributed by atoms with Crippen LogP contribution in [0.25, 0.3) is 0 Å². The maximum absolute atomic E-state index is 12.8. The molecule has 388 valence electrons. The van der Waals surface area contributed by atoms with Gasteiger partial charge in [-0.1, -0.05) is 236 Å². The predicted molar refractivity (Wildman–Crippen MR) is 288 cm³/mol. The topological polar surface area (TPSA) is 78.9 Å². The predicted octanol–water partition coefficient (Wildman–Crippen LogP) is 19.2. The number of rotatable bonds is 52. The van der Waals surface area contributed by atoms with E-state index in [2.05, 4.69) is 81.5 Å². The van der Waals surface area contributed by atoms with Crippen LogP contribution in [-0.2, 0) is 28.6 Å². The molecule has 6 nitrogen and oxygen atoms in total. The fraction of sp³-hybridized carbons (Fsp3) is 0.787. The Kier molecular flexibility index (Phi) is 53.3. The van der Waals surface area contributed by atoms with E-state index in [-0.39, 0.29) is 37.5 Å². The Morgan fingerprint density at radius 1 is 0.313 bits per heavy atom. The molecule has 0 bridgehead atoms. The second-order valence-electron chi connectivity index (χ2n) is 19.2. The summed E-state index contributed by atoms with van der Waals surface area (Å²) in [7, 11) is 0. The third kappa shape index (κ3) is 53.9. The molecule has 1 atom stereocenters. The van der Waals surface area contributed by atoms with Crippen molar-refractivity contribution in [3.8, 4) is 0 Å². The molecule has 0 saturated carbocycles. The number of esters is 3. The highest BCUT2D eigenvalue weighted by Crippen LogP contribution is 2.15. The van der Waals surface area contributed by atoms with E-state index >= 15 is 0 Å². The van der Waals surface area contributed by atoms with Gasteiger partial charge in [-0.15, -0.1) is 0 Å². The summed E-state index contributed by atoms with van der Waals surface area (Å²) in [5, 5.41) is 0. The Bertz CT molecular complexity index is 1210. The Morgan fingerprint density at radius 3 is 0.985 bits per heavy atom. The van der Waals surface area contributed by atoms with Crippen molar-refractivity contribution in [1.29, 1.82) is 0 Å². The van der Waals surface area contributed by atoms with E-state index in [4.69, 9.17) is 14.2 Å². The summed E-state index contributed by atoms with van der Waals surface area (Å²) in [4.78, 5) is 38.1. The largest absolute Gasteiger partial charge is 0.462 e. The molecule has 0 rings (SSSR count). The zero-order valence-corrected chi connectivity index (χ0v) is 44.4. The smallest absolute Gasteiger partial charge is 0.306 e. The number of hydrogen-bond acceptors (Lipinski definition) is 6. The Labute approximate surface area is 415 Å². The van der Waals surface area contributed by atoms with Crippen LogP contribution in [0, 0.1) is 0 Å². The van der Waals surface area contributed by atoms with Crippen molar-refractivity contribution in [2.24, 2.45) is 0 Å². The summed E-state index contributed by atoms with van der Waals surface area (Å²) in [5.41, 5.74) is 0. The summed E-state index contributed by atoms with van der Waals surface area (Å²) in [6, 6.07) is 0. The minimum atomic E-state index is -0.798. The van der Waals surface area contributed by atoms with Crippen molar-refractivity contribution >= 4 is 17.9 Å². The molecular formula is C61H108O6. The maximum atomic E-state index is 12.8. The highest BCUT2D eigenvalue weighted by Gasteiger charge is 2.19. The molecule has 0 aliphatic rings. The molecule has 0 N–H and O–H groups in total. The molecule has 0 aromatic rings. The van der Waals surface area contributed by atoms with Crippen molar-refractivity contribution in [3.63, 3.8) is 0 Å². The lowest BCUT2D eigenvalue weighted by atomic mass is 10.1. The van der Waals surface area contributed by atoms with E-state index in [9.17, 15) is 14.4 Å². The highest BCUT2D eigenvalue weighted by atomic mass is 16.6. The summed E-state index contributed by atoms with van der Waals surface area (Å²) in [6.45, 7) is 6.49. The lowest BCUT2D eigenvalue weighted by molar-refractivity contribution is -0.167. The second-order valence-corrected chi connectivity index (χ2v) is 19.2. The maximum Gasteiger partial charge on any atom is 0.306 e. The molecule has 6 heteroatoms. The summed E-state index contributed by atoms with van der Waals surface area (Å²) in [5.74, 6) is -0.949. The van der Waals surface area contributed by atoms with Crippen LogP contribution in [-0.4, -0.2) is 37.2 Å². The molecule has 0 aromatic heterocycles. The van der Waals surface area contributed by atoms with Gasteiger partial charge in [-0.05, 0) is 96.3 Å². The van der Waals surface area contributed by atoms with Crippen LogP contribution in [0.2, 0.25) is 0 Å². The van der Waals surface area contributed by atoms with Crippen molar-refractivity contribution in [2.45, 2.75) is 297 Å². The van der Waals surface area contributed by atoms with E-state index < -0.39 is 6.10 Å². The van der Waals surface area contributed by atoms with Crippen molar-refractivity contribution < 1.29 is 28.6 Å². The molecular weight excluding hydrogens is 829 g/mol. The Balaban J connectivity index is 4.35. The monoisotopic (exact) mass is 937 g/mol. The zero-order chi connectivity index (χ0) is 48.6. The Morgan fingerprint density at radius 2 is 0.597 bits per heavy atom. The van der Waals surface area contributed by atoms with Gasteiger partial charge in [-0.3, -0.25) is 14.4 Å². The number of ether oxygens (including phenoxy) is 3. The molecule has 0 saturated heterocycles. The molecule has 0 aromatic carbocycles. The molecule has 0 aliphatic carbocycles. The average molecular weight is 938 g/mol. The molecule has 0 spiro atoms. The number of hydrogen-bond donors (Lipinski definition) is 0. The number of unbranched alkanes of at least 4 members (excludes halogenated alkanes) is 31. The fourth-order valence-electron chi connectivity index (χ4n) is 8.16. The molecule has 0 fully saturated rings. The van der Waals surface area contributed by atoms with E-state index in [0.29, 0.717) is 19.3 Å². The van der Waals surface area contributed by atoms with Gasteiger partial charge in [0.1, 0.15) is 13.2 Å². The third-order valence-corrected chi connectivity index (χ3v) is 12.5. The van der Waals surface area contributed by atoms with Gasteiger partial charge in [0.25, 0.3) is 0 Å². The van der Waals surface area contributed by atoms with Crippen LogP contribution in [0.3, 0.4) is 0 Å². The first-order valence-electron chi connectivity index (χ1n) is 28.8. The first kappa shape index (κ1) is 64.1. The molecule has 0 heterocycles. The average Bonchev–Trinajstić information content (AvgIpc) is 3.33. The van der Waals surface area contributed by atoms with Gasteiger partial charge in [0.15, 0.2) is 6.10 Å². The van der Waals surface area contributed by atoms with Gasteiger partial charge >= 0.3 is 17.9 Å². The van der Waals surface area contributed by atoms with Gasteiger partial charge in [0.2, 0.25) is 0 Å². The quantitative estimate of drug-likeness (QED) is 0.0262. The van der Waals surface area contributed by atoms with Gasteiger partial charge in [0, 0.05) is 19.3 Å². The summed E-state index contributed by atoms with van der Waals surface area (Å²) < 4.78 is 16.8. The van der Waals surface area contributed by atoms with Gasteiger partial charge in [-0.2, -0.15) is 0 Å². The van der Waals surface area contributed by atoms with Gasteiger partial charge in [-0.25, -0.2) is 0 Å². The lowest BCUT2D eigenvalue weighted by Crippen LogP contribution is -2.30. The summed E-state index contributed by atoms with van der Waals surface area (Å²) in [6.07, 6.45) is 69.4. The Hall–Kier alpha value is -2.89. The zero-order valence-electron chi connectivity index (χ0n) is 44.4. The SMILES string of the molecule is CC/C=C\C/C=C\C/C=C\CCCC(=O)OCC(COC(=O)CCCCCCCCC/C=C\CCCCCCCCCC)OC(=O)CCCCCCCCC/C=C\CCCCCCCCCC. The van der Waals surface area contributed by atoms with E-state index in [1.165, 1.54) is 180 Å². The first-order chi connectivity index (χ1) is 33.0. The minimum Gasteiger partial charge on any atom is -0.462 e. The number of carbonyl (C=O) groups is 3. The van der Waals surface area contributed by atoms with Crippen molar-refractivity contribution in [3.05, 3.63) is 60.8 Å². The van der Waals surface area contributed by atoms with E-state index in [1.54, 1.807) is 0 Å². The first-order valence-corrected chi connectivity index (χ1v) is 28.8. The van der Waals surface area contributed by atoms with Crippen molar-refractivity contribution in [2.75, 3.05) is 13.2 Å². The molecule has 0 amide bonds. The molecule has 67 heavy (non-hydrogen) atoms. The van der Waals surface area contributed by atoms with E-state index in [0.717, 1.165) is 64.2 Å². The van der Waals surface area contributed by atoms with Crippen LogP contribution in [0.5, 0.6) is 0 Å². The van der Waals surface area contributed by atoms with Gasteiger partial charge < -0.3 is 14.2 Å². The summed E-state index contributed by atoms with van der Waals surface area (Å²) >= 11 is 0. The third-order valence-electron chi connectivity index (χ3n) is 12.5. The van der Waals surface area contributed by atoms with Crippen molar-refractivity contribution in [1.82, 2.24) is 0 Å². The number of allylic oxidation sites excluding steroid dienone is 10. The standard InChI is InChI=1S/C61H108O6/c1-4-7-10-13-16-19-22-24-26-28-30-32-34-36-39-42-45-48-51-54-60(63)66-57-58(56-65-59(62)53-50-47-44-41-38-21-18-15-12-9-6-3)67-61(64)55-52-49-46-43-40-37-35-33-31-29-27-25-23-20-17-14-11-8-5-2/h9,12,18,21,28-31,41,44,58H,4-8,10-11,13-17,19-20,22-27,32-40,42-43,45-57H2,1-3H3/b12-9-,21-18-,30-28-,31-29-,44-41-. The van der Waals surface area contributed by atoms with Crippen LogP contribution in [0.1, 0.15) is 290 Å². The van der Waals surface area contributed by atoms with Crippen LogP contribution in [0.4, 0.5) is 0 Å².